The van der Waals surface area contributed by atoms with Crippen molar-refractivity contribution in [1.29, 1.82) is 0 Å². The fourth-order valence-electron chi connectivity index (χ4n) is 4.09. The van der Waals surface area contributed by atoms with Gasteiger partial charge in [0.05, 0.1) is 11.1 Å². The minimum Gasteiger partial charge on any atom is -0.507 e. The van der Waals surface area contributed by atoms with Crippen molar-refractivity contribution in [2.24, 2.45) is 0 Å². The maximum atomic E-state index is 12.1. The molecule has 0 unspecified atom stereocenters. The molecule has 0 saturated heterocycles. The minimum absolute atomic E-state index is 0.122. The molecule has 3 rings (SSSR count). The van der Waals surface area contributed by atoms with E-state index < -0.39 is 11.6 Å². The smallest absolute Gasteiger partial charge is 0.237 e. The summed E-state index contributed by atoms with van der Waals surface area (Å²) in [6.07, 6.45) is 15.5. The van der Waals surface area contributed by atoms with Crippen LogP contribution in [0.5, 0.6) is 11.5 Å². The fraction of sp³-hybridized carbons (Fsp3) is 0.375. The van der Waals surface area contributed by atoms with Crippen LogP contribution >= 0.6 is 31.9 Å². The highest BCUT2D eigenvalue weighted by atomic mass is 79.9. The summed E-state index contributed by atoms with van der Waals surface area (Å²) in [6.45, 7) is 2.28. The van der Waals surface area contributed by atoms with E-state index in [1.54, 1.807) is 12.1 Å². The number of ketones is 2. The van der Waals surface area contributed by atoms with Crippen molar-refractivity contribution in [3.63, 3.8) is 0 Å². The molecule has 0 atom stereocenters. The lowest BCUT2D eigenvalue weighted by molar-refractivity contribution is 0.0813. The van der Waals surface area contributed by atoms with Gasteiger partial charge in [0.2, 0.25) is 11.6 Å². The summed E-state index contributed by atoms with van der Waals surface area (Å²) in [4.78, 5) is 24.2. The maximum absolute atomic E-state index is 12.1. The van der Waals surface area contributed by atoms with Gasteiger partial charge in [0.1, 0.15) is 11.5 Å². The van der Waals surface area contributed by atoms with Crippen molar-refractivity contribution in [3.05, 3.63) is 92.4 Å². The molecule has 0 amide bonds. The van der Waals surface area contributed by atoms with Crippen molar-refractivity contribution in [1.82, 2.24) is 0 Å². The van der Waals surface area contributed by atoms with Crippen LogP contribution in [0, 0.1) is 0 Å². The normalized spacial score (nSPS) is 10.5. The summed E-state index contributed by atoms with van der Waals surface area (Å²) >= 11 is 6.33. The molecule has 204 valence electrons. The van der Waals surface area contributed by atoms with E-state index in [0.29, 0.717) is 8.95 Å². The topological polar surface area (TPSA) is 74.6 Å². The van der Waals surface area contributed by atoms with Crippen LogP contribution in [-0.4, -0.2) is 21.8 Å². The number of phenolic OH excluding ortho intramolecular Hbond substituents is 2. The van der Waals surface area contributed by atoms with Crippen LogP contribution in [-0.2, 0) is 6.42 Å². The van der Waals surface area contributed by atoms with Gasteiger partial charge in [-0.2, -0.15) is 0 Å². The van der Waals surface area contributed by atoms with Gasteiger partial charge in [-0.3, -0.25) is 9.59 Å². The molecule has 2 N–H and O–H groups in total. The lowest BCUT2D eigenvalue weighted by Gasteiger charge is -2.06. The third-order valence-electron chi connectivity index (χ3n) is 6.27. The summed E-state index contributed by atoms with van der Waals surface area (Å²) < 4.78 is 1.12. The minimum atomic E-state index is -0.891. The summed E-state index contributed by atoms with van der Waals surface area (Å²) in [5.74, 6) is -2.36. The predicted octanol–water partition coefficient (Wildman–Crippen LogP) is 9.84. The predicted molar refractivity (Wildman–Crippen MR) is 162 cm³/mol. The molecular formula is C32H38Br2O4. The Kier molecular flexibility index (Phi) is 15.0. The van der Waals surface area contributed by atoms with Crippen molar-refractivity contribution in [2.75, 3.05) is 0 Å². The number of rotatable bonds is 14. The number of aromatic hydroxyl groups is 2. The van der Waals surface area contributed by atoms with Gasteiger partial charge in [-0.05, 0) is 54.8 Å². The number of aryl methyl sites for hydroxylation is 1. The van der Waals surface area contributed by atoms with Gasteiger partial charge in [-0.25, -0.2) is 0 Å². The van der Waals surface area contributed by atoms with Crippen LogP contribution in [0.15, 0.2) is 75.7 Å². The molecule has 6 heteroatoms. The van der Waals surface area contributed by atoms with Gasteiger partial charge in [-0.1, -0.05) is 127 Å². The molecule has 0 bridgehead atoms. The molecule has 0 aliphatic carbocycles. The molecule has 38 heavy (non-hydrogen) atoms. The van der Waals surface area contributed by atoms with Crippen LogP contribution in [0.25, 0.3) is 0 Å². The Hall–Kier alpha value is -2.44. The van der Waals surface area contributed by atoms with Gasteiger partial charge in [0.25, 0.3) is 0 Å². The van der Waals surface area contributed by atoms with Gasteiger partial charge < -0.3 is 10.2 Å². The molecule has 0 spiro atoms. The van der Waals surface area contributed by atoms with Gasteiger partial charge in [-0.15, -0.1) is 0 Å². The monoisotopic (exact) mass is 644 g/mol. The summed E-state index contributed by atoms with van der Waals surface area (Å²) in [7, 11) is 0. The number of unbranched alkanes of at least 4 members (excludes halogenated alkanes) is 9. The lowest BCUT2D eigenvalue weighted by Crippen LogP contribution is -2.15. The van der Waals surface area contributed by atoms with Gasteiger partial charge in [0.15, 0.2) is 0 Å². The Morgan fingerprint density at radius 3 is 1.47 bits per heavy atom. The van der Waals surface area contributed by atoms with E-state index in [2.05, 4.69) is 69.1 Å². The number of carbonyl (C=O) groups is 2. The third kappa shape index (κ3) is 11.5. The van der Waals surface area contributed by atoms with Crippen molar-refractivity contribution in [3.8, 4) is 11.5 Å². The number of Topliss-reactive ketones (excluding diaryl/α,β-unsaturated/α-hetero) is 2. The molecule has 0 heterocycles. The van der Waals surface area contributed by atoms with E-state index in [9.17, 15) is 19.8 Å². The third-order valence-corrected chi connectivity index (χ3v) is 7.26. The molecule has 0 radical (unpaired) electrons. The second kappa shape index (κ2) is 18.0. The van der Waals surface area contributed by atoms with Crippen LogP contribution in [0.4, 0.5) is 0 Å². The average Bonchev–Trinajstić information content (AvgIpc) is 2.92. The Labute approximate surface area is 243 Å². The first-order chi connectivity index (χ1) is 18.3. The number of carbonyl (C=O) groups excluding carboxylic acids is 2. The molecule has 0 aromatic heterocycles. The maximum Gasteiger partial charge on any atom is 0.237 e. The van der Waals surface area contributed by atoms with Crippen LogP contribution in [0.3, 0.4) is 0 Å². The molecule has 0 aliphatic rings. The second-order valence-corrected chi connectivity index (χ2v) is 11.2. The molecule has 3 aromatic carbocycles. The van der Waals surface area contributed by atoms with Crippen molar-refractivity contribution >= 4 is 43.4 Å². The van der Waals surface area contributed by atoms with E-state index >= 15 is 0 Å². The Balaban J connectivity index is 0.000000269. The van der Waals surface area contributed by atoms with E-state index in [1.165, 1.54) is 100 Å². The standard InChI is InChI=1S/C18H30.C14H8Br2O4/c1-2-3-4-5-6-7-8-9-10-12-15-18-16-13-11-14-17-18;15-7-1-3-11(17)9(5-7)13(19)14(20)10-6-8(16)2-4-12(10)18/h11,13-14,16-17H,2-10,12,15H2,1H3;1-6,17-18H. The second-order valence-electron chi connectivity index (χ2n) is 9.40. The first kappa shape index (κ1) is 31.8. The first-order valence-electron chi connectivity index (χ1n) is 13.4. The molecule has 0 saturated carbocycles. The number of hydrogen-bond acceptors (Lipinski definition) is 4. The highest BCUT2D eigenvalue weighted by Crippen LogP contribution is 2.27. The molecule has 4 nitrogen and oxygen atoms in total. The number of halogens is 2. The quantitative estimate of drug-likeness (QED) is 0.104. The highest BCUT2D eigenvalue weighted by Gasteiger charge is 2.24. The zero-order valence-corrected chi connectivity index (χ0v) is 25.3. The molecule has 0 aliphatic heterocycles. The largest absolute Gasteiger partial charge is 0.507 e. The zero-order chi connectivity index (χ0) is 27.8. The van der Waals surface area contributed by atoms with Crippen molar-refractivity contribution in [2.45, 2.75) is 77.6 Å². The summed E-state index contributed by atoms with van der Waals surface area (Å²) in [5.41, 5.74) is 1.25. The Bertz CT molecular complexity index is 1080. The molecular weight excluding hydrogens is 608 g/mol. The van der Waals surface area contributed by atoms with E-state index in [0.717, 1.165) is 0 Å². The van der Waals surface area contributed by atoms with Gasteiger partial charge >= 0.3 is 0 Å². The van der Waals surface area contributed by atoms with Crippen molar-refractivity contribution < 1.29 is 19.8 Å². The number of benzene rings is 3. The fourth-order valence-corrected chi connectivity index (χ4v) is 4.81. The molecule has 3 aromatic rings. The van der Waals surface area contributed by atoms with Gasteiger partial charge in [0, 0.05) is 8.95 Å². The van der Waals surface area contributed by atoms with Crippen LogP contribution < -0.4 is 0 Å². The van der Waals surface area contributed by atoms with E-state index in [4.69, 9.17) is 0 Å². The zero-order valence-electron chi connectivity index (χ0n) is 22.1. The molecule has 0 fully saturated rings. The van der Waals surface area contributed by atoms with E-state index in [1.807, 2.05) is 0 Å². The lowest BCUT2D eigenvalue weighted by atomic mass is 10.0. The van der Waals surface area contributed by atoms with Crippen LogP contribution in [0.2, 0.25) is 0 Å². The number of hydrogen-bond donors (Lipinski definition) is 2. The average molecular weight is 646 g/mol. The van der Waals surface area contributed by atoms with E-state index in [-0.39, 0.29) is 22.6 Å². The first-order valence-corrected chi connectivity index (χ1v) is 15.0. The summed E-state index contributed by atoms with van der Waals surface area (Å²) in [5, 5.41) is 19.3. The summed E-state index contributed by atoms with van der Waals surface area (Å²) in [6, 6.07) is 19.3. The Morgan fingerprint density at radius 1 is 0.605 bits per heavy atom. The Morgan fingerprint density at radius 2 is 1.03 bits per heavy atom. The van der Waals surface area contributed by atoms with Crippen LogP contribution in [0.1, 0.15) is 97.4 Å². The SMILES string of the molecule is CCCCCCCCCCCCc1ccccc1.O=C(C(=O)c1cc(Br)ccc1O)c1cc(Br)ccc1O. The number of phenols is 2. The highest BCUT2D eigenvalue weighted by molar-refractivity contribution is 9.10.